The Morgan fingerprint density at radius 1 is 1.20 bits per heavy atom. The molecule has 2 rings (SSSR count). The molecule has 1 aliphatic carbocycles. The van der Waals surface area contributed by atoms with E-state index < -0.39 is 5.41 Å². The Hall–Kier alpha value is -1.36. The molecule has 0 atom stereocenters. The molecule has 0 bridgehead atoms. The highest BCUT2D eigenvalue weighted by molar-refractivity contribution is 9.10. The fourth-order valence-corrected chi connectivity index (χ4v) is 2.46. The van der Waals surface area contributed by atoms with Gasteiger partial charge in [0.15, 0.2) is 0 Å². The van der Waals surface area contributed by atoms with Gasteiger partial charge in [0, 0.05) is 11.0 Å². The van der Waals surface area contributed by atoms with Crippen LogP contribution < -0.4 is 10.6 Å². The van der Waals surface area contributed by atoms with Gasteiger partial charge in [-0.2, -0.15) is 0 Å². The standard InChI is InChI=1S/C15H19BrN2O2/c1-2-9-17-13(19)10-18-14(20)15(7-8-15)11-3-5-12(16)6-4-11/h3-6H,2,7-10H2,1H3,(H,17,19)(H,18,20). The molecule has 0 unspecified atom stereocenters. The number of hydrogen-bond donors (Lipinski definition) is 2. The summed E-state index contributed by atoms with van der Waals surface area (Å²) in [6.45, 7) is 2.69. The van der Waals surface area contributed by atoms with Crippen molar-refractivity contribution in [1.82, 2.24) is 10.6 Å². The molecule has 1 aromatic carbocycles. The van der Waals surface area contributed by atoms with Gasteiger partial charge in [0.2, 0.25) is 11.8 Å². The summed E-state index contributed by atoms with van der Waals surface area (Å²) in [4.78, 5) is 23.8. The molecule has 2 amide bonds. The quantitative estimate of drug-likeness (QED) is 0.834. The molecule has 5 heteroatoms. The minimum Gasteiger partial charge on any atom is -0.355 e. The predicted octanol–water partition coefficient (Wildman–Crippen LogP) is 2.12. The average molecular weight is 339 g/mol. The van der Waals surface area contributed by atoms with Gasteiger partial charge in [0.1, 0.15) is 0 Å². The van der Waals surface area contributed by atoms with Gasteiger partial charge in [-0.3, -0.25) is 9.59 Å². The molecule has 0 radical (unpaired) electrons. The number of amides is 2. The summed E-state index contributed by atoms with van der Waals surface area (Å²) in [5, 5.41) is 5.49. The Labute approximate surface area is 127 Å². The molecule has 4 nitrogen and oxygen atoms in total. The maximum absolute atomic E-state index is 12.3. The highest BCUT2D eigenvalue weighted by Gasteiger charge is 2.51. The molecular formula is C15H19BrN2O2. The minimum atomic E-state index is -0.425. The van der Waals surface area contributed by atoms with Crippen LogP contribution in [0.3, 0.4) is 0 Å². The summed E-state index contributed by atoms with van der Waals surface area (Å²) in [5.41, 5.74) is 0.596. The molecule has 0 heterocycles. The van der Waals surface area contributed by atoms with Gasteiger partial charge in [-0.05, 0) is 37.0 Å². The zero-order valence-corrected chi connectivity index (χ0v) is 13.1. The van der Waals surface area contributed by atoms with E-state index in [1.165, 1.54) is 0 Å². The summed E-state index contributed by atoms with van der Waals surface area (Å²) < 4.78 is 0.997. The van der Waals surface area contributed by atoms with E-state index >= 15 is 0 Å². The SMILES string of the molecule is CCCNC(=O)CNC(=O)C1(c2ccc(Br)cc2)CC1. The fraction of sp³-hybridized carbons (Fsp3) is 0.467. The van der Waals surface area contributed by atoms with E-state index in [0.29, 0.717) is 6.54 Å². The number of hydrogen-bond acceptors (Lipinski definition) is 2. The van der Waals surface area contributed by atoms with Crippen LogP contribution in [0.2, 0.25) is 0 Å². The molecule has 1 fully saturated rings. The first-order chi connectivity index (χ1) is 9.58. The Balaban J connectivity index is 1.92. The number of rotatable bonds is 6. The summed E-state index contributed by atoms with van der Waals surface area (Å²) in [5.74, 6) is -0.182. The normalized spacial score (nSPS) is 15.5. The van der Waals surface area contributed by atoms with Crippen LogP contribution in [-0.4, -0.2) is 24.9 Å². The van der Waals surface area contributed by atoms with Crippen molar-refractivity contribution in [3.8, 4) is 0 Å². The van der Waals surface area contributed by atoms with Gasteiger partial charge in [0.05, 0.1) is 12.0 Å². The van der Waals surface area contributed by atoms with Crippen LogP contribution >= 0.6 is 15.9 Å². The van der Waals surface area contributed by atoms with E-state index in [1.807, 2.05) is 31.2 Å². The molecule has 2 N–H and O–H groups in total. The van der Waals surface area contributed by atoms with Crippen molar-refractivity contribution < 1.29 is 9.59 Å². The average Bonchev–Trinajstić information content (AvgIpc) is 3.25. The largest absolute Gasteiger partial charge is 0.355 e. The van der Waals surface area contributed by atoms with Gasteiger partial charge in [-0.25, -0.2) is 0 Å². The van der Waals surface area contributed by atoms with Gasteiger partial charge in [0.25, 0.3) is 0 Å². The first-order valence-electron chi connectivity index (χ1n) is 6.89. The molecule has 108 valence electrons. The first-order valence-corrected chi connectivity index (χ1v) is 7.69. The van der Waals surface area contributed by atoms with E-state index in [2.05, 4.69) is 26.6 Å². The Morgan fingerprint density at radius 3 is 2.40 bits per heavy atom. The van der Waals surface area contributed by atoms with E-state index in [-0.39, 0.29) is 18.4 Å². The molecule has 0 aromatic heterocycles. The van der Waals surface area contributed by atoms with Crippen LogP contribution in [0.5, 0.6) is 0 Å². The van der Waals surface area contributed by atoms with E-state index in [4.69, 9.17) is 0 Å². The van der Waals surface area contributed by atoms with Crippen molar-refractivity contribution in [2.75, 3.05) is 13.1 Å². The van der Waals surface area contributed by atoms with Gasteiger partial charge < -0.3 is 10.6 Å². The van der Waals surface area contributed by atoms with Crippen LogP contribution in [0.25, 0.3) is 0 Å². The van der Waals surface area contributed by atoms with Crippen molar-refractivity contribution >= 4 is 27.7 Å². The summed E-state index contributed by atoms with van der Waals surface area (Å²) >= 11 is 3.39. The Kier molecular flexibility index (Phi) is 4.81. The van der Waals surface area contributed by atoms with Crippen molar-refractivity contribution in [3.05, 3.63) is 34.3 Å². The van der Waals surface area contributed by atoms with Gasteiger partial charge >= 0.3 is 0 Å². The third-order valence-corrected chi connectivity index (χ3v) is 4.09. The molecule has 0 aliphatic heterocycles. The molecule has 1 saturated carbocycles. The second-order valence-electron chi connectivity index (χ2n) is 5.12. The van der Waals surface area contributed by atoms with Crippen LogP contribution in [-0.2, 0) is 15.0 Å². The molecule has 0 saturated heterocycles. The summed E-state index contributed by atoms with van der Waals surface area (Å²) in [6, 6.07) is 7.81. The van der Waals surface area contributed by atoms with E-state index in [0.717, 1.165) is 29.3 Å². The number of benzene rings is 1. The van der Waals surface area contributed by atoms with Gasteiger partial charge in [-0.15, -0.1) is 0 Å². The number of halogens is 1. The van der Waals surface area contributed by atoms with Crippen LogP contribution in [0.1, 0.15) is 31.7 Å². The van der Waals surface area contributed by atoms with E-state index in [1.54, 1.807) is 0 Å². The third-order valence-electron chi connectivity index (χ3n) is 3.56. The second kappa shape index (κ2) is 6.39. The third kappa shape index (κ3) is 3.39. The Bertz CT molecular complexity index is 495. The van der Waals surface area contributed by atoms with Crippen LogP contribution in [0.4, 0.5) is 0 Å². The van der Waals surface area contributed by atoms with Crippen molar-refractivity contribution in [2.24, 2.45) is 0 Å². The van der Waals surface area contributed by atoms with E-state index in [9.17, 15) is 9.59 Å². The highest BCUT2D eigenvalue weighted by Crippen LogP contribution is 2.48. The molecule has 1 aromatic rings. The summed E-state index contributed by atoms with van der Waals surface area (Å²) in [6.07, 6.45) is 2.58. The summed E-state index contributed by atoms with van der Waals surface area (Å²) in [7, 11) is 0. The van der Waals surface area contributed by atoms with Crippen molar-refractivity contribution in [3.63, 3.8) is 0 Å². The Morgan fingerprint density at radius 2 is 1.85 bits per heavy atom. The fourth-order valence-electron chi connectivity index (χ4n) is 2.20. The highest BCUT2D eigenvalue weighted by atomic mass is 79.9. The predicted molar refractivity (Wildman–Crippen MR) is 81.4 cm³/mol. The zero-order chi connectivity index (χ0) is 14.6. The van der Waals surface area contributed by atoms with Crippen LogP contribution in [0, 0.1) is 0 Å². The molecule has 1 aliphatic rings. The van der Waals surface area contributed by atoms with Gasteiger partial charge in [-0.1, -0.05) is 35.0 Å². The molecule has 0 spiro atoms. The molecule has 20 heavy (non-hydrogen) atoms. The minimum absolute atomic E-state index is 0.0496. The van der Waals surface area contributed by atoms with Crippen LogP contribution in [0.15, 0.2) is 28.7 Å². The maximum atomic E-state index is 12.3. The number of carbonyl (C=O) groups is 2. The second-order valence-corrected chi connectivity index (χ2v) is 6.04. The lowest BCUT2D eigenvalue weighted by molar-refractivity contribution is -0.127. The maximum Gasteiger partial charge on any atom is 0.239 e. The number of nitrogens with one attached hydrogen (secondary N) is 2. The van der Waals surface area contributed by atoms with Crippen molar-refractivity contribution in [2.45, 2.75) is 31.6 Å². The topological polar surface area (TPSA) is 58.2 Å². The lowest BCUT2D eigenvalue weighted by atomic mass is 9.95. The van der Waals surface area contributed by atoms with Crippen molar-refractivity contribution in [1.29, 1.82) is 0 Å². The first kappa shape index (κ1) is 15.0. The zero-order valence-electron chi connectivity index (χ0n) is 11.5. The number of carbonyl (C=O) groups excluding carboxylic acids is 2. The lowest BCUT2D eigenvalue weighted by Gasteiger charge is -2.15. The monoisotopic (exact) mass is 338 g/mol. The lowest BCUT2D eigenvalue weighted by Crippen LogP contribution is -2.41. The smallest absolute Gasteiger partial charge is 0.239 e. The molecular weight excluding hydrogens is 320 g/mol.